The number of rotatable bonds is 8. The van der Waals surface area contributed by atoms with Crippen LogP contribution in [-0.4, -0.2) is 31.6 Å². The van der Waals surface area contributed by atoms with Gasteiger partial charge in [0.1, 0.15) is 6.61 Å². The van der Waals surface area contributed by atoms with Crippen LogP contribution in [0, 0.1) is 0 Å². The minimum atomic E-state index is -0.210. The van der Waals surface area contributed by atoms with Crippen LogP contribution >= 0.6 is 23.2 Å². The Hall–Kier alpha value is -2.24. The Kier molecular flexibility index (Phi) is 7.51. The first-order valence-corrected chi connectivity index (χ1v) is 8.96. The zero-order valence-electron chi connectivity index (χ0n) is 15.6. The molecule has 1 aromatic carbocycles. The fraction of sp³-hybridized carbons (Fsp3) is 0.300. The molecule has 2 aromatic rings. The number of halogens is 2. The largest absolute Gasteiger partial charge is 0.493 e. The van der Waals surface area contributed by atoms with Gasteiger partial charge in [0.25, 0.3) is 0 Å². The molecule has 0 saturated carbocycles. The molecule has 5 nitrogen and oxygen atoms in total. The average molecular weight is 410 g/mol. The van der Waals surface area contributed by atoms with Crippen LogP contribution in [0.2, 0.25) is 10.0 Å². The molecule has 0 aliphatic heterocycles. The van der Waals surface area contributed by atoms with Gasteiger partial charge in [-0.1, -0.05) is 28.8 Å². The summed E-state index contributed by atoms with van der Waals surface area (Å²) in [6.45, 7) is 4.22. The Labute approximate surface area is 168 Å². The minimum Gasteiger partial charge on any atom is -0.493 e. The van der Waals surface area contributed by atoms with Crippen molar-refractivity contribution in [2.24, 2.45) is 0 Å². The monoisotopic (exact) mass is 409 g/mol. The highest BCUT2D eigenvalue weighted by atomic mass is 35.5. The molecular weight excluding hydrogens is 389 g/mol. The lowest BCUT2D eigenvalue weighted by Gasteiger charge is -2.17. The van der Waals surface area contributed by atoms with Crippen LogP contribution in [0.4, 0.5) is 0 Å². The van der Waals surface area contributed by atoms with Gasteiger partial charge in [-0.05, 0) is 32.1 Å². The van der Waals surface area contributed by atoms with E-state index in [4.69, 9.17) is 37.4 Å². The molecule has 2 rings (SSSR count). The predicted molar refractivity (Wildman–Crippen MR) is 107 cm³/mol. The molecule has 0 atom stereocenters. The normalized spacial score (nSPS) is 10.3. The Bertz CT molecular complexity index is 841. The molecular formula is C20H21Cl2NO4. The van der Waals surface area contributed by atoms with Gasteiger partial charge in [-0.15, -0.1) is 0 Å². The maximum atomic E-state index is 13.0. The smallest absolute Gasteiger partial charge is 0.204 e. The number of carbonyl (C=O) groups excluding carboxylic acids is 1. The second kappa shape index (κ2) is 9.62. The summed E-state index contributed by atoms with van der Waals surface area (Å²) in [5.74, 6) is 0.942. The first-order valence-electron chi connectivity index (χ1n) is 8.21. The number of nitrogens with zero attached hydrogens (tertiary/aromatic N) is 1. The van der Waals surface area contributed by atoms with E-state index >= 15 is 0 Å². The lowest BCUT2D eigenvalue weighted by atomic mass is 10.0. The van der Waals surface area contributed by atoms with E-state index in [0.717, 1.165) is 5.57 Å². The van der Waals surface area contributed by atoms with Gasteiger partial charge in [-0.3, -0.25) is 9.78 Å². The number of ether oxygens (including phenoxy) is 3. The van der Waals surface area contributed by atoms with Gasteiger partial charge in [0.15, 0.2) is 17.3 Å². The molecule has 1 aromatic heterocycles. The Morgan fingerprint density at radius 1 is 1.07 bits per heavy atom. The number of methoxy groups -OCH3 is 2. The van der Waals surface area contributed by atoms with Crippen LogP contribution in [0.15, 0.2) is 36.2 Å². The number of hydrogen-bond donors (Lipinski definition) is 0. The van der Waals surface area contributed by atoms with Crippen LogP contribution in [-0.2, 0) is 6.42 Å². The number of ketones is 1. The number of aromatic nitrogens is 1. The van der Waals surface area contributed by atoms with Crippen molar-refractivity contribution in [2.75, 3.05) is 20.8 Å². The molecule has 0 aliphatic carbocycles. The fourth-order valence-electron chi connectivity index (χ4n) is 2.42. The molecule has 0 radical (unpaired) electrons. The average Bonchev–Trinajstić information content (AvgIpc) is 2.63. The van der Waals surface area contributed by atoms with Crippen LogP contribution in [0.1, 0.15) is 29.8 Å². The third-order valence-corrected chi connectivity index (χ3v) is 4.46. The van der Waals surface area contributed by atoms with E-state index in [1.54, 1.807) is 12.1 Å². The van der Waals surface area contributed by atoms with Gasteiger partial charge in [-0.25, -0.2) is 0 Å². The topological polar surface area (TPSA) is 57.7 Å². The Morgan fingerprint density at radius 3 is 2.30 bits per heavy atom. The third kappa shape index (κ3) is 5.15. The number of carbonyl (C=O) groups is 1. The molecule has 0 bridgehead atoms. The Balaban J connectivity index is 2.44. The summed E-state index contributed by atoms with van der Waals surface area (Å²) in [4.78, 5) is 16.9. The highest BCUT2D eigenvalue weighted by molar-refractivity contribution is 6.36. The third-order valence-electron chi connectivity index (χ3n) is 3.81. The molecule has 0 unspecified atom stereocenters. The van der Waals surface area contributed by atoms with Gasteiger partial charge in [0.2, 0.25) is 5.75 Å². The molecule has 144 valence electrons. The quantitative estimate of drug-likeness (QED) is 0.444. The maximum absolute atomic E-state index is 13.0. The van der Waals surface area contributed by atoms with Gasteiger partial charge >= 0.3 is 0 Å². The molecule has 0 fully saturated rings. The predicted octanol–water partition coefficient (Wildman–Crippen LogP) is 5.18. The summed E-state index contributed by atoms with van der Waals surface area (Å²) in [5, 5.41) is 0.673. The van der Waals surface area contributed by atoms with E-state index in [1.807, 2.05) is 19.9 Å². The van der Waals surface area contributed by atoms with Gasteiger partial charge < -0.3 is 14.2 Å². The minimum absolute atomic E-state index is 0.00861. The van der Waals surface area contributed by atoms with Crippen LogP contribution in [0.25, 0.3) is 0 Å². The first kappa shape index (κ1) is 21.1. The zero-order chi connectivity index (χ0) is 20.0. The summed E-state index contributed by atoms with van der Waals surface area (Å²) in [6, 6.07) is 3.31. The first-order chi connectivity index (χ1) is 12.9. The van der Waals surface area contributed by atoms with Gasteiger partial charge in [0.05, 0.1) is 29.8 Å². The van der Waals surface area contributed by atoms with Crippen LogP contribution in [0.5, 0.6) is 17.2 Å². The molecule has 0 amide bonds. The van der Waals surface area contributed by atoms with Crippen LogP contribution in [0.3, 0.4) is 0 Å². The van der Waals surface area contributed by atoms with E-state index in [2.05, 4.69) is 4.98 Å². The fourth-order valence-corrected chi connectivity index (χ4v) is 2.91. The highest BCUT2D eigenvalue weighted by Crippen LogP contribution is 2.41. The highest BCUT2D eigenvalue weighted by Gasteiger charge is 2.22. The summed E-state index contributed by atoms with van der Waals surface area (Å²) < 4.78 is 16.6. The lowest BCUT2D eigenvalue weighted by Crippen LogP contribution is -2.10. The van der Waals surface area contributed by atoms with E-state index in [-0.39, 0.29) is 12.2 Å². The zero-order valence-corrected chi connectivity index (χ0v) is 17.1. The van der Waals surface area contributed by atoms with Crippen molar-refractivity contribution in [3.8, 4) is 17.2 Å². The lowest BCUT2D eigenvalue weighted by molar-refractivity contribution is 0.0988. The second-order valence-electron chi connectivity index (χ2n) is 5.95. The van der Waals surface area contributed by atoms with Gasteiger partial charge in [0, 0.05) is 24.4 Å². The molecule has 0 spiro atoms. The molecule has 0 saturated heterocycles. The molecule has 7 heteroatoms. The van der Waals surface area contributed by atoms with Crippen molar-refractivity contribution >= 4 is 29.0 Å². The number of hydrogen-bond acceptors (Lipinski definition) is 5. The van der Waals surface area contributed by atoms with E-state index in [1.165, 1.54) is 26.6 Å². The van der Waals surface area contributed by atoms with Gasteiger partial charge in [-0.2, -0.15) is 0 Å². The van der Waals surface area contributed by atoms with E-state index < -0.39 is 0 Å². The standard InChI is InChI=1S/C20H21Cl2NO4/c1-12(2)7-8-27-19-13(5-6-18(25-3)20(19)26-4)17(24)9-14-15(21)10-23-11-16(14)22/h5-7,10-11H,8-9H2,1-4H3. The summed E-state index contributed by atoms with van der Waals surface area (Å²) >= 11 is 12.3. The SMILES string of the molecule is COc1ccc(C(=O)Cc2c(Cl)cncc2Cl)c(OCC=C(C)C)c1OC. The van der Waals surface area contributed by atoms with Crippen molar-refractivity contribution < 1.29 is 19.0 Å². The maximum Gasteiger partial charge on any atom is 0.204 e. The van der Waals surface area contributed by atoms with Crippen LogP contribution < -0.4 is 14.2 Å². The van der Waals surface area contributed by atoms with Crippen molar-refractivity contribution in [2.45, 2.75) is 20.3 Å². The Morgan fingerprint density at radius 2 is 1.74 bits per heavy atom. The number of benzene rings is 1. The molecule has 27 heavy (non-hydrogen) atoms. The van der Waals surface area contributed by atoms with Crippen molar-refractivity contribution in [3.05, 3.63) is 57.3 Å². The van der Waals surface area contributed by atoms with E-state index in [0.29, 0.717) is 45.0 Å². The molecule has 0 N–H and O–H groups in total. The van der Waals surface area contributed by atoms with E-state index in [9.17, 15) is 4.79 Å². The second-order valence-corrected chi connectivity index (χ2v) is 6.77. The molecule has 0 aliphatic rings. The summed E-state index contributed by atoms with van der Waals surface area (Å²) in [5.41, 5.74) is 1.97. The van der Waals surface area contributed by atoms with Crippen molar-refractivity contribution in [1.82, 2.24) is 4.98 Å². The number of allylic oxidation sites excluding steroid dienone is 1. The summed E-state index contributed by atoms with van der Waals surface area (Å²) in [7, 11) is 3.02. The van der Waals surface area contributed by atoms with Crippen molar-refractivity contribution in [3.63, 3.8) is 0 Å². The summed E-state index contributed by atoms with van der Waals surface area (Å²) in [6.07, 6.45) is 4.83. The number of Topliss-reactive ketones (excluding diaryl/α,β-unsaturated/α-hetero) is 1. The molecule has 1 heterocycles. The van der Waals surface area contributed by atoms with Crippen molar-refractivity contribution in [1.29, 1.82) is 0 Å². The number of pyridine rings is 1.